The maximum Gasteiger partial charge on any atom is 0.300 e. The Kier molecular flexibility index (Phi) is 5.04. The van der Waals surface area contributed by atoms with Crippen molar-refractivity contribution < 1.29 is 26.8 Å². The maximum atomic E-state index is 14.4. The van der Waals surface area contributed by atoms with Crippen LogP contribution in [0.2, 0.25) is 0 Å². The van der Waals surface area contributed by atoms with Crippen molar-refractivity contribution in [1.82, 2.24) is 4.72 Å². The Hall–Kier alpha value is -2.87. The average molecular weight is 417 g/mol. The van der Waals surface area contributed by atoms with Gasteiger partial charge in [-0.2, -0.15) is 0 Å². The molecule has 1 saturated carbocycles. The molecule has 2 aromatic carbocycles. The summed E-state index contributed by atoms with van der Waals surface area (Å²) in [7, 11) is -4.21. The van der Waals surface area contributed by atoms with E-state index < -0.39 is 21.7 Å². The Morgan fingerprint density at radius 1 is 1.24 bits per heavy atom. The van der Waals surface area contributed by atoms with E-state index >= 15 is 0 Å². The zero-order valence-corrected chi connectivity index (χ0v) is 16.6. The summed E-state index contributed by atoms with van der Waals surface area (Å²) in [6, 6.07) is 10.4. The lowest BCUT2D eigenvalue weighted by Gasteiger charge is -2.11. The summed E-state index contributed by atoms with van der Waals surface area (Å²) >= 11 is 0. The first-order valence-corrected chi connectivity index (χ1v) is 10.9. The standard InChI is InChI=1S/C21H20FNO5S/c1-2-9-27-17-5-3-4-6-20(17)29(25,26)23-21(24)19-12-15-16(22)10-14(13-7-8-13)11-18(15)28-19/h3-6,10-13H,2,7-9H2,1H3,(H,23,24). The van der Waals surface area contributed by atoms with E-state index in [1.54, 1.807) is 12.1 Å². The Balaban J connectivity index is 1.61. The second-order valence-corrected chi connectivity index (χ2v) is 8.68. The van der Waals surface area contributed by atoms with Crippen LogP contribution >= 0.6 is 0 Å². The van der Waals surface area contributed by atoms with E-state index in [1.165, 1.54) is 30.3 Å². The lowest BCUT2D eigenvalue weighted by atomic mass is 10.1. The quantitative estimate of drug-likeness (QED) is 0.617. The summed E-state index contributed by atoms with van der Waals surface area (Å²) in [4.78, 5) is 12.4. The van der Waals surface area contributed by atoms with Gasteiger partial charge in [-0.1, -0.05) is 19.1 Å². The van der Waals surface area contributed by atoms with Gasteiger partial charge in [-0.05, 0) is 55.0 Å². The molecule has 0 radical (unpaired) electrons. The van der Waals surface area contributed by atoms with Gasteiger partial charge in [-0.25, -0.2) is 17.5 Å². The maximum absolute atomic E-state index is 14.4. The van der Waals surface area contributed by atoms with Crippen LogP contribution in [0.1, 0.15) is 48.2 Å². The van der Waals surface area contributed by atoms with Crippen molar-refractivity contribution in [3.63, 3.8) is 0 Å². The van der Waals surface area contributed by atoms with E-state index in [1.807, 2.05) is 11.6 Å². The van der Waals surface area contributed by atoms with Crippen LogP contribution < -0.4 is 9.46 Å². The predicted molar refractivity (Wildman–Crippen MR) is 105 cm³/mol. The largest absolute Gasteiger partial charge is 0.492 e. The molecule has 8 heteroatoms. The highest BCUT2D eigenvalue weighted by Crippen LogP contribution is 2.41. The van der Waals surface area contributed by atoms with Crippen LogP contribution in [0.15, 0.2) is 51.8 Å². The lowest BCUT2D eigenvalue weighted by molar-refractivity contribution is 0.0956. The summed E-state index contributed by atoms with van der Waals surface area (Å²) in [5.74, 6) is -1.27. The van der Waals surface area contributed by atoms with Crippen LogP contribution in [-0.2, 0) is 10.0 Å². The second-order valence-electron chi connectivity index (χ2n) is 7.03. The molecule has 3 aromatic rings. The lowest BCUT2D eigenvalue weighted by Crippen LogP contribution is -2.30. The highest BCUT2D eigenvalue weighted by atomic mass is 32.2. The molecule has 1 aromatic heterocycles. The predicted octanol–water partition coefficient (Wildman–Crippen LogP) is 4.36. The van der Waals surface area contributed by atoms with Crippen LogP contribution in [0.25, 0.3) is 11.0 Å². The zero-order valence-electron chi connectivity index (χ0n) is 15.8. The number of rotatable bonds is 7. The number of sulfonamides is 1. The molecule has 0 atom stereocenters. The number of halogens is 1. The molecular weight excluding hydrogens is 397 g/mol. The molecule has 1 aliphatic rings. The number of furan rings is 1. The van der Waals surface area contributed by atoms with Crippen molar-refractivity contribution in [3.8, 4) is 5.75 Å². The van der Waals surface area contributed by atoms with E-state index in [2.05, 4.69) is 0 Å². The fourth-order valence-corrected chi connectivity index (χ4v) is 4.22. The summed E-state index contributed by atoms with van der Waals surface area (Å²) in [6.07, 6.45) is 2.70. The van der Waals surface area contributed by atoms with Crippen molar-refractivity contribution in [3.05, 3.63) is 59.6 Å². The van der Waals surface area contributed by atoms with Gasteiger partial charge in [0, 0.05) is 6.07 Å². The Labute approximate surface area is 167 Å². The summed E-state index contributed by atoms with van der Waals surface area (Å²) in [5.41, 5.74) is 1.05. The molecule has 152 valence electrons. The van der Waals surface area contributed by atoms with E-state index in [9.17, 15) is 17.6 Å². The zero-order chi connectivity index (χ0) is 20.6. The van der Waals surface area contributed by atoms with Crippen molar-refractivity contribution in [2.24, 2.45) is 0 Å². The fourth-order valence-electron chi connectivity index (χ4n) is 3.11. The van der Waals surface area contributed by atoms with Gasteiger partial charge in [0.25, 0.3) is 10.0 Å². The first-order chi connectivity index (χ1) is 13.9. The van der Waals surface area contributed by atoms with Crippen LogP contribution in [0.5, 0.6) is 5.75 Å². The number of benzene rings is 2. The number of carbonyl (C=O) groups excluding carboxylic acids is 1. The highest BCUT2D eigenvalue weighted by Gasteiger charge is 2.27. The molecule has 4 rings (SSSR count). The molecule has 0 bridgehead atoms. The van der Waals surface area contributed by atoms with Crippen molar-refractivity contribution in [2.75, 3.05) is 6.61 Å². The molecule has 1 aliphatic carbocycles. The van der Waals surface area contributed by atoms with Gasteiger partial charge in [-0.3, -0.25) is 4.79 Å². The Bertz CT molecular complexity index is 1180. The van der Waals surface area contributed by atoms with Gasteiger partial charge < -0.3 is 9.15 Å². The molecule has 1 amide bonds. The Morgan fingerprint density at radius 3 is 2.72 bits per heavy atom. The van der Waals surface area contributed by atoms with Gasteiger partial charge in [0.2, 0.25) is 0 Å². The molecule has 0 aliphatic heterocycles. The number of amides is 1. The number of hydrogen-bond donors (Lipinski definition) is 1. The van der Waals surface area contributed by atoms with Gasteiger partial charge in [-0.15, -0.1) is 0 Å². The molecular formula is C21H20FNO5S. The molecule has 29 heavy (non-hydrogen) atoms. The molecule has 1 heterocycles. The van der Waals surface area contributed by atoms with E-state index in [-0.39, 0.29) is 27.4 Å². The number of hydrogen-bond acceptors (Lipinski definition) is 5. The van der Waals surface area contributed by atoms with Crippen LogP contribution in [-0.4, -0.2) is 20.9 Å². The Morgan fingerprint density at radius 2 is 2.00 bits per heavy atom. The van der Waals surface area contributed by atoms with Crippen LogP contribution in [0.3, 0.4) is 0 Å². The first kappa shape index (κ1) is 19.4. The number of para-hydroxylation sites is 1. The topological polar surface area (TPSA) is 85.6 Å². The number of fused-ring (bicyclic) bond motifs is 1. The smallest absolute Gasteiger partial charge is 0.300 e. The molecule has 0 saturated heterocycles. The van der Waals surface area contributed by atoms with Gasteiger partial charge >= 0.3 is 5.91 Å². The molecule has 1 fully saturated rings. The summed E-state index contributed by atoms with van der Waals surface area (Å²) < 4.78 is 52.7. The monoisotopic (exact) mass is 417 g/mol. The fraction of sp³-hybridized carbons (Fsp3) is 0.286. The third kappa shape index (κ3) is 3.98. The number of ether oxygens (including phenoxy) is 1. The summed E-state index contributed by atoms with van der Waals surface area (Å²) in [5, 5.41) is 0.142. The molecule has 0 spiro atoms. The van der Waals surface area contributed by atoms with E-state index in [0.717, 1.165) is 18.4 Å². The number of carbonyl (C=O) groups is 1. The highest BCUT2D eigenvalue weighted by molar-refractivity contribution is 7.90. The third-order valence-electron chi connectivity index (χ3n) is 4.71. The van der Waals surface area contributed by atoms with E-state index in [0.29, 0.717) is 18.9 Å². The molecule has 0 unspecified atom stereocenters. The first-order valence-electron chi connectivity index (χ1n) is 9.41. The van der Waals surface area contributed by atoms with Gasteiger partial charge in [0.15, 0.2) is 5.76 Å². The van der Waals surface area contributed by atoms with E-state index in [4.69, 9.17) is 9.15 Å². The average Bonchev–Trinajstić information content (AvgIpc) is 3.45. The van der Waals surface area contributed by atoms with Crippen LogP contribution in [0.4, 0.5) is 4.39 Å². The van der Waals surface area contributed by atoms with Crippen molar-refractivity contribution >= 4 is 26.9 Å². The van der Waals surface area contributed by atoms with Crippen LogP contribution in [0, 0.1) is 5.82 Å². The minimum Gasteiger partial charge on any atom is -0.492 e. The minimum absolute atomic E-state index is 0.142. The molecule has 6 nitrogen and oxygen atoms in total. The number of nitrogens with one attached hydrogen (secondary N) is 1. The SMILES string of the molecule is CCCOc1ccccc1S(=O)(=O)NC(=O)c1cc2c(F)cc(C3CC3)cc2o1. The molecule has 1 N–H and O–H groups in total. The minimum atomic E-state index is -4.21. The van der Waals surface area contributed by atoms with Crippen molar-refractivity contribution in [2.45, 2.75) is 37.0 Å². The van der Waals surface area contributed by atoms with Gasteiger partial charge in [0.1, 0.15) is 22.0 Å². The second kappa shape index (κ2) is 7.51. The summed E-state index contributed by atoms with van der Waals surface area (Å²) in [6.45, 7) is 2.24. The normalized spacial score (nSPS) is 14.1. The van der Waals surface area contributed by atoms with Gasteiger partial charge in [0.05, 0.1) is 12.0 Å². The van der Waals surface area contributed by atoms with Crippen molar-refractivity contribution in [1.29, 1.82) is 0 Å². The third-order valence-corrected chi connectivity index (χ3v) is 6.08.